The lowest BCUT2D eigenvalue weighted by Gasteiger charge is -2.38. The summed E-state index contributed by atoms with van der Waals surface area (Å²) in [5.41, 5.74) is 1.03. The Morgan fingerprint density at radius 3 is 2.67 bits per heavy atom. The number of guanidine groups is 1. The van der Waals surface area contributed by atoms with Crippen LogP contribution in [0.2, 0.25) is 5.02 Å². The standard InChI is InChI=1S/C19H29ClN8O.HI/c1-15-24-25-18(26(15)2)14-23-19(22-6-4-12-29-3)28-10-8-27(9-11-28)17-5-7-21-13-16(17)20;/h5,7,13H,4,6,8-12,14H2,1-3H3,(H,22,23);1H. The molecular formula is C19H30ClIN8O. The van der Waals surface area contributed by atoms with Gasteiger partial charge in [0.25, 0.3) is 0 Å². The summed E-state index contributed by atoms with van der Waals surface area (Å²) in [6.45, 7) is 7.39. The van der Waals surface area contributed by atoms with Crippen LogP contribution in [0.1, 0.15) is 18.1 Å². The van der Waals surface area contributed by atoms with Gasteiger partial charge in [-0.2, -0.15) is 0 Å². The summed E-state index contributed by atoms with van der Waals surface area (Å²) in [5.74, 6) is 2.62. The number of nitrogens with one attached hydrogen (secondary N) is 1. The van der Waals surface area contributed by atoms with E-state index in [1.165, 1.54) is 0 Å². The Kier molecular flexibility index (Phi) is 10.1. The number of hydrogen-bond donors (Lipinski definition) is 1. The Labute approximate surface area is 199 Å². The molecule has 1 aliphatic heterocycles. The van der Waals surface area contributed by atoms with Crippen LogP contribution < -0.4 is 10.2 Å². The molecule has 0 atom stereocenters. The van der Waals surface area contributed by atoms with Crippen molar-refractivity contribution in [3.63, 3.8) is 0 Å². The van der Waals surface area contributed by atoms with Gasteiger partial charge in [0.1, 0.15) is 12.4 Å². The topological polar surface area (TPSA) is 83.7 Å². The molecule has 1 aliphatic rings. The molecule has 1 fully saturated rings. The van der Waals surface area contributed by atoms with E-state index in [-0.39, 0.29) is 24.0 Å². The number of pyridine rings is 1. The van der Waals surface area contributed by atoms with Crippen molar-refractivity contribution in [3.8, 4) is 0 Å². The minimum atomic E-state index is 0. The molecule has 0 aliphatic carbocycles. The Bertz CT molecular complexity index is 823. The molecule has 0 spiro atoms. The smallest absolute Gasteiger partial charge is 0.194 e. The first kappa shape index (κ1) is 24.6. The Morgan fingerprint density at radius 1 is 1.27 bits per heavy atom. The van der Waals surface area contributed by atoms with E-state index in [0.717, 1.165) is 69.0 Å². The molecule has 3 heterocycles. The van der Waals surface area contributed by atoms with Crippen molar-refractivity contribution in [2.45, 2.75) is 19.9 Å². The van der Waals surface area contributed by atoms with Crippen molar-refractivity contribution in [1.29, 1.82) is 0 Å². The number of halogens is 2. The molecule has 2 aromatic heterocycles. The number of aliphatic imine (C=N–C) groups is 1. The van der Waals surface area contributed by atoms with Crippen LogP contribution in [0.5, 0.6) is 0 Å². The third kappa shape index (κ3) is 6.42. The van der Waals surface area contributed by atoms with Gasteiger partial charge in [-0.15, -0.1) is 34.2 Å². The second kappa shape index (κ2) is 12.3. The van der Waals surface area contributed by atoms with Gasteiger partial charge in [0, 0.05) is 65.9 Å². The van der Waals surface area contributed by atoms with Gasteiger partial charge in [-0.25, -0.2) is 4.99 Å². The van der Waals surface area contributed by atoms with E-state index in [1.807, 2.05) is 24.6 Å². The zero-order valence-corrected chi connectivity index (χ0v) is 20.8. The second-order valence-corrected chi connectivity index (χ2v) is 7.34. The van der Waals surface area contributed by atoms with E-state index in [2.05, 4.69) is 30.3 Å². The summed E-state index contributed by atoms with van der Waals surface area (Å²) in [6, 6.07) is 1.96. The lowest BCUT2D eigenvalue weighted by atomic mass is 10.2. The normalized spacial score (nSPS) is 14.6. The van der Waals surface area contributed by atoms with Gasteiger partial charge in [0.2, 0.25) is 0 Å². The highest BCUT2D eigenvalue weighted by Crippen LogP contribution is 2.25. The SMILES string of the molecule is COCCCNC(=NCc1nnc(C)n1C)N1CCN(c2ccncc2Cl)CC1.I. The molecule has 0 radical (unpaired) electrons. The molecule has 1 saturated heterocycles. The fourth-order valence-corrected chi connectivity index (χ4v) is 3.44. The van der Waals surface area contributed by atoms with Crippen molar-refractivity contribution in [2.24, 2.45) is 12.0 Å². The molecule has 0 aromatic carbocycles. The van der Waals surface area contributed by atoms with Crippen molar-refractivity contribution >= 4 is 47.2 Å². The lowest BCUT2D eigenvalue weighted by Crippen LogP contribution is -2.52. The van der Waals surface area contributed by atoms with Crippen molar-refractivity contribution in [1.82, 2.24) is 30.0 Å². The van der Waals surface area contributed by atoms with Gasteiger partial charge >= 0.3 is 0 Å². The number of aryl methyl sites for hydroxylation is 1. The molecular weight excluding hydrogens is 519 g/mol. The molecule has 11 heteroatoms. The third-order valence-corrected chi connectivity index (χ3v) is 5.32. The number of aromatic nitrogens is 4. The van der Waals surface area contributed by atoms with E-state index in [0.29, 0.717) is 11.6 Å². The number of methoxy groups -OCH3 is 1. The summed E-state index contributed by atoms with van der Waals surface area (Å²) >= 11 is 6.31. The molecule has 1 N–H and O–H groups in total. The fourth-order valence-electron chi connectivity index (χ4n) is 3.20. The van der Waals surface area contributed by atoms with Gasteiger partial charge in [0.15, 0.2) is 11.8 Å². The predicted molar refractivity (Wildman–Crippen MR) is 130 cm³/mol. The number of rotatable bonds is 7. The number of ether oxygens (including phenoxy) is 1. The number of nitrogens with zero attached hydrogens (tertiary/aromatic N) is 7. The second-order valence-electron chi connectivity index (χ2n) is 6.94. The van der Waals surface area contributed by atoms with Gasteiger partial charge in [-0.1, -0.05) is 11.6 Å². The van der Waals surface area contributed by atoms with E-state index in [1.54, 1.807) is 19.5 Å². The van der Waals surface area contributed by atoms with Gasteiger partial charge in [0.05, 0.1) is 10.7 Å². The van der Waals surface area contributed by atoms with Gasteiger partial charge in [-0.3, -0.25) is 4.98 Å². The molecule has 9 nitrogen and oxygen atoms in total. The zero-order valence-electron chi connectivity index (χ0n) is 17.7. The molecule has 0 unspecified atom stereocenters. The molecule has 2 aromatic rings. The molecule has 30 heavy (non-hydrogen) atoms. The third-order valence-electron chi connectivity index (χ3n) is 5.03. The van der Waals surface area contributed by atoms with Crippen LogP contribution in [0.15, 0.2) is 23.5 Å². The van der Waals surface area contributed by atoms with Crippen molar-refractivity contribution in [2.75, 3.05) is 51.3 Å². The fraction of sp³-hybridized carbons (Fsp3) is 0.579. The van der Waals surface area contributed by atoms with Gasteiger partial charge in [-0.05, 0) is 19.4 Å². The molecule has 166 valence electrons. The van der Waals surface area contributed by atoms with Crippen LogP contribution in [0, 0.1) is 6.92 Å². The largest absolute Gasteiger partial charge is 0.385 e. The average molecular weight is 549 g/mol. The number of piperazine rings is 1. The summed E-state index contributed by atoms with van der Waals surface area (Å²) in [4.78, 5) is 13.5. The highest BCUT2D eigenvalue weighted by atomic mass is 127. The van der Waals surface area contributed by atoms with Crippen LogP contribution in [-0.2, 0) is 18.3 Å². The first-order valence-electron chi connectivity index (χ1n) is 9.81. The van der Waals surface area contributed by atoms with Gasteiger partial charge < -0.3 is 24.4 Å². The molecule has 0 amide bonds. The molecule has 3 rings (SSSR count). The highest BCUT2D eigenvalue weighted by molar-refractivity contribution is 14.0. The minimum absolute atomic E-state index is 0. The maximum Gasteiger partial charge on any atom is 0.194 e. The Morgan fingerprint density at radius 2 is 2.03 bits per heavy atom. The Balaban J connectivity index is 0.00000320. The van der Waals surface area contributed by atoms with E-state index in [4.69, 9.17) is 21.3 Å². The summed E-state index contributed by atoms with van der Waals surface area (Å²) in [6.07, 6.45) is 4.39. The van der Waals surface area contributed by atoms with Crippen LogP contribution in [-0.4, -0.2) is 77.0 Å². The summed E-state index contributed by atoms with van der Waals surface area (Å²) in [7, 11) is 3.68. The summed E-state index contributed by atoms with van der Waals surface area (Å²) < 4.78 is 7.12. The molecule has 0 bridgehead atoms. The summed E-state index contributed by atoms with van der Waals surface area (Å²) in [5, 5.41) is 12.5. The van der Waals surface area contributed by atoms with E-state index >= 15 is 0 Å². The number of hydrogen-bond acceptors (Lipinski definition) is 6. The maximum absolute atomic E-state index is 6.31. The van der Waals surface area contributed by atoms with E-state index in [9.17, 15) is 0 Å². The van der Waals surface area contributed by atoms with Crippen LogP contribution >= 0.6 is 35.6 Å². The first-order valence-corrected chi connectivity index (χ1v) is 10.2. The van der Waals surface area contributed by atoms with Crippen molar-refractivity contribution in [3.05, 3.63) is 35.1 Å². The Hall–Kier alpha value is -1.66. The lowest BCUT2D eigenvalue weighted by molar-refractivity contribution is 0.195. The highest BCUT2D eigenvalue weighted by Gasteiger charge is 2.21. The molecule has 0 saturated carbocycles. The van der Waals surface area contributed by atoms with Crippen LogP contribution in [0.4, 0.5) is 5.69 Å². The van der Waals surface area contributed by atoms with Crippen LogP contribution in [0.3, 0.4) is 0 Å². The average Bonchev–Trinajstić information content (AvgIpc) is 3.06. The van der Waals surface area contributed by atoms with E-state index < -0.39 is 0 Å². The number of anilines is 1. The quantitative estimate of drug-likeness (QED) is 0.246. The monoisotopic (exact) mass is 548 g/mol. The van der Waals surface area contributed by atoms with Crippen LogP contribution in [0.25, 0.3) is 0 Å². The predicted octanol–water partition coefficient (Wildman–Crippen LogP) is 2.09. The minimum Gasteiger partial charge on any atom is -0.385 e. The maximum atomic E-state index is 6.31. The zero-order chi connectivity index (χ0) is 20.6. The van der Waals surface area contributed by atoms with Crippen molar-refractivity contribution < 1.29 is 4.74 Å². The first-order chi connectivity index (χ1) is 14.1.